The van der Waals surface area contributed by atoms with Crippen molar-refractivity contribution in [2.45, 2.75) is 12.5 Å². The molecule has 1 aromatic rings. The fourth-order valence-corrected chi connectivity index (χ4v) is 2.01. The molecule has 0 aliphatic carbocycles. The van der Waals surface area contributed by atoms with Crippen molar-refractivity contribution >= 4 is 23.2 Å². The Morgan fingerprint density at radius 1 is 1.64 bits per heavy atom. The van der Waals surface area contributed by atoms with E-state index in [1.807, 2.05) is 5.38 Å². The van der Waals surface area contributed by atoms with Gasteiger partial charge in [-0.2, -0.15) is 11.3 Å². The lowest BCUT2D eigenvalue weighted by molar-refractivity contribution is -0.119. The number of carbonyl (C=O) groups excluding carboxylic acids is 2. The van der Waals surface area contributed by atoms with E-state index in [2.05, 4.69) is 10.6 Å². The summed E-state index contributed by atoms with van der Waals surface area (Å²) in [6, 6.07) is 1.71. The lowest BCUT2D eigenvalue weighted by Crippen LogP contribution is -2.35. The number of nitrogens with one attached hydrogen (secondary N) is 2. The van der Waals surface area contributed by atoms with Crippen molar-refractivity contribution in [2.24, 2.45) is 0 Å². The minimum atomic E-state index is -0.104. The molecule has 1 aliphatic rings. The number of carbonyl (C=O) groups is 2. The van der Waals surface area contributed by atoms with Gasteiger partial charge in [-0.15, -0.1) is 0 Å². The summed E-state index contributed by atoms with van der Waals surface area (Å²) in [7, 11) is 0. The number of thiophene rings is 1. The maximum Gasteiger partial charge on any atom is 0.252 e. The molecule has 1 fully saturated rings. The van der Waals surface area contributed by atoms with Crippen molar-refractivity contribution in [1.82, 2.24) is 10.6 Å². The first-order valence-corrected chi connectivity index (χ1v) is 5.30. The molecule has 0 saturated carbocycles. The molecule has 2 heterocycles. The Kier molecular flexibility index (Phi) is 2.49. The van der Waals surface area contributed by atoms with Crippen molar-refractivity contribution in [1.29, 1.82) is 0 Å². The second-order valence-electron chi connectivity index (χ2n) is 3.19. The number of amides is 2. The molecule has 1 aliphatic heterocycles. The van der Waals surface area contributed by atoms with E-state index in [0.29, 0.717) is 18.5 Å². The Labute approximate surface area is 85.3 Å². The lowest BCUT2D eigenvalue weighted by atomic mass is 10.2. The van der Waals surface area contributed by atoms with E-state index in [0.717, 1.165) is 0 Å². The minimum Gasteiger partial charge on any atom is -0.354 e. The van der Waals surface area contributed by atoms with Crippen LogP contribution < -0.4 is 10.6 Å². The molecule has 2 amide bonds. The highest BCUT2D eigenvalue weighted by Crippen LogP contribution is 2.07. The van der Waals surface area contributed by atoms with E-state index in [4.69, 9.17) is 0 Å². The molecular weight excluding hydrogens is 200 g/mol. The fourth-order valence-electron chi connectivity index (χ4n) is 1.37. The summed E-state index contributed by atoms with van der Waals surface area (Å²) in [5.74, 6) is -0.103. The van der Waals surface area contributed by atoms with E-state index in [-0.39, 0.29) is 17.9 Å². The Morgan fingerprint density at radius 3 is 3.07 bits per heavy atom. The van der Waals surface area contributed by atoms with Crippen molar-refractivity contribution in [3.63, 3.8) is 0 Å². The van der Waals surface area contributed by atoms with Crippen molar-refractivity contribution in [3.05, 3.63) is 22.4 Å². The molecule has 1 aromatic heterocycles. The van der Waals surface area contributed by atoms with Crippen LogP contribution >= 0.6 is 11.3 Å². The van der Waals surface area contributed by atoms with Gasteiger partial charge in [0.1, 0.15) is 0 Å². The molecule has 4 nitrogen and oxygen atoms in total. The van der Waals surface area contributed by atoms with Crippen LogP contribution in [0.4, 0.5) is 0 Å². The second kappa shape index (κ2) is 3.79. The third-order valence-corrected chi connectivity index (χ3v) is 2.78. The first-order chi connectivity index (χ1) is 6.75. The normalized spacial score (nSPS) is 20.6. The Hall–Kier alpha value is -1.36. The van der Waals surface area contributed by atoms with Crippen LogP contribution in [0.5, 0.6) is 0 Å². The molecule has 74 valence electrons. The maximum absolute atomic E-state index is 11.5. The molecule has 1 saturated heterocycles. The SMILES string of the molecule is O=C1C[C@@H](NC(=O)c2ccsc2)CN1. The van der Waals surface area contributed by atoms with Crippen LogP contribution in [0, 0.1) is 0 Å². The van der Waals surface area contributed by atoms with Gasteiger partial charge in [-0.05, 0) is 11.4 Å². The van der Waals surface area contributed by atoms with E-state index in [9.17, 15) is 9.59 Å². The molecular formula is C9H10N2O2S. The predicted molar refractivity (Wildman–Crippen MR) is 53.2 cm³/mol. The van der Waals surface area contributed by atoms with Crippen molar-refractivity contribution in [3.8, 4) is 0 Å². The third kappa shape index (κ3) is 1.93. The molecule has 2 N–H and O–H groups in total. The van der Waals surface area contributed by atoms with Gasteiger partial charge in [0.15, 0.2) is 0 Å². The standard InChI is InChI=1S/C9H10N2O2S/c12-8-3-7(4-10-8)11-9(13)6-1-2-14-5-6/h1-2,5,7H,3-4H2,(H,10,12)(H,11,13)/t7-/m1/s1. The molecule has 0 aromatic carbocycles. The van der Waals surface area contributed by atoms with Crippen molar-refractivity contribution < 1.29 is 9.59 Å². The van der Waals surface area contributed by atoms with Gasteiger partial charge in [0.25, 0.3) is 5.91 Å². The predicted octanol–water partition coefficient (Wildman–Crippen LogP) is 0.366. The topological polar surface area (TPSA) is 58.2 Å². The fraction of sp³-hybridized carbons (Fsp3) is 0.333. The van der Waals surface area contributed by atoms with E-state index in [1.165, 1.54) is 11.3 Å². The maximum atomic E-state index is 11.5. The van der Waals surface area contributed by atoms with Crippen LogP contribution in [0.1, 0.15) is 16.8 Å². The molecule has 2 rings (SSSR count). The van der Waals surface area contributed by atoms with E-state index < -0.39 is 0 Å². The highest BCUT2D eigenvalue weighted by Gasteiger charge is 2.23. The van der Waals surface area contributed by atoms with Crippen LogP contribution in [0.3, 0.4) is 0 Å². The van der Waals surface area contributed by atoms with E-state index in [1.54, 1.807) is 11.4 Å². The summed E-state index contributed by atoms with van der Waals surface area (Å²) < 4.78 is 0. The van der Waals surface area contributed by atoms with Gasteiger partial charge in [-0.25, -0.2) is 0 Å². The number of hydrogen-bond donors (Lipinski definition) is 2. The highest BCUT2D eigenvalue weighted by molar-refractivity contribution is 7.08. The highest BCUT2D eigenvalue weighted by atomic mass is 32.1. The monoisotopic (exact) mass is 210 g/mol. The van der Waals surface area contributed by atoms with Gasteiger partial charge in [-0.1, -0.05) is 0 Å². The van der Waals surface area contributed by atoms with Crippen molar-refractivity contribution in [2.75, 3.05) is 6.54 Å². The van der Waals surface area contributed by atoms with Crippen LogP contribution in [-0.4, -0.2) is 24.4 Å². The van der Waals surface area contributed by atoms with Crippen LogP contribution in [0.15, 0.2) is 16.8 Å². The molecule has 0 spiro atoms. The minimum absolute atomic E-state index is 0.000573. The summed E-state index contributed by atoms with van der Waals surface area (Å²) in [6.07, 6.45) is 0.385. The quantitative estimate of drug-likeness (QED) is 0.740. The van der Waals surface area contributed by atoms with Crippen LogP contribution in [0.25, 0.3) is 0 Å². The molecule has 0 unspecified atom stereocenters. The zero-order valence-electron chi connectivity index (χ0n) is 7.45. The van der Waals surface area contributed by atoms with E-state index >= 15 is 0 Å². The molecule has 14 heavy (non-hydrogen) atoms. The van der Waals surface area contributed by atoms with Crippen LogP contribution in [0.2, 0.25) is 0 Å². The largest absolute Gasteiger partial charge is 0.354 e. The van der Waals surface area contributed by atoms with Gasteiger partial charge >= 0.3 is 0 Å². The van der Waals surface area contributed by atoms with Gasteiger partial charge in [0, 0.05) is 23.9 Å². The summed E-state index contributed by atoms with van der Waals surface area (Å²) in [4.78, 5) is 22.4. The molecule has 0 bridgehead atoms. The average Bonchev–Trinajstić information content (AvgIpc) is 2.75. The first-order valence-electron chi connectivity index (χ1n) is 4.35. The molecule has 5 heteroatoms. The summed E-state index contributed by atoms with van der Waals surface area (Å²) in [5.41, 5.74) is 0.661. The van der Waals surface area contributed by atoms with Gasteiger partial charge in [0.05, 0.1) is 6.04 Å². The molecule has 0 radical (unpaired) electrons. The second-order valence-corrected chi connectivity index (χ2v) is 3.97. The Bertz CT molecular complexity index is 348. The summed E-state index contributed by atoms with van der Waals surface area (Å²) in [5, 5.41) is 9.11. The zero-order chi connectivity index (χ0) is 9.97. The summed E-state index contributed by atoms with van der Waals surface area (Å²) in [6.45, 7) is 0.536. The van der Waals surface area contributed by atoms with Gasteiger partial charge in [0.2, 0.25) is 5.91 Å². The smallest absolute Gasteiger partial charge is 0.252 e. The third-order valence-electron chi connectivity index (χ3n) is 2.10. The Morgan fingerprint density at radius 2 is 2.50 bits per heavy atom. The number of rotatable bonds is 2. The Balaban J connectivity index is 1.92. The number of hydrogen-bond acceptors (Lipinski definition) is 3. The summed E-state index contributed by atoms with van der Waals surface area (Å²) >= 11 is 1.48. The zero-order valence-corrected chi connectivity index (χ0v) is 8.26. The van der Waals surface area contributed by atoms with Gasteiger partial charge in [-0.3, -0.25) is 9.59 Å². The molecule has 1 atom stereocenters. The first kappa shape index (κ1) is 9.21. The lowest BCUT2D eigenvalue weighted by Gasteiger charge is -2.08. The average molecular weight is 210 g/mol. The van der Waals surface area contributed by atoms with Gasteiger partial charge < -0.3 is 10.6 Å². The van der Waals surface area contributed by atoms with Crippen LogP contribution in [-0.2, 0) is 4.79 Å².